The minimum absolute atomic E-state index is 0.225. The number of hydrogen-bond donors (Lipinski definition) is 1. The Morgan fingerprint density at radius 3 is 2.68 bits per heavy atom. The van der Waals surface area contributed by atoms with Gasteiger partial charge in [0.1, 0.15) is 16.1 Å². The van der Waals surface area contributed by atoms with Crippen LogP contribution in [0.1, 0.15) is 44.1 Å². The molecule has 124 valence electrons. The summed E-state index contributed by atoms with van der Waals surface area (Å²) in [6, 6.07) is 1.59. The van der Waals surface area contributed by atoms with Gasteiger partial charge in [-0.15, -0.1) is 23.2 Å². The van der Waals surface area contributed by atoms with Crippen LogP contribution in [0, 0.1) is 0 Å². The predicted molar refractivity (Wildman–Crippen MR) is 85.1 cm³/mol. The van der Waals surface area contributed by atoms with Crippen LogP contribution < -0.4 is 5.32 Å². The summed E-state index contributed by atoms with van der Waals surface area (Å²) >= 11 is 11.5. The first-order chi connectivity index (χ1) is 10.3. The Balaban J connectivity index is 2.92. The van der Waals surface area contributed by atoms with E-state index < -0.39 is 22.3 Å². The lowest BCUT2D eigenvalue weighted by molar-refractivity contribution is -0.150. The fourth-order valence-corrected chi connectivity index (χ4v) is 2.21. The van der Waals surface area contributed by atoms with Crippen LogP contribution in [0.3, 0.4) is 0 Å². The summed E-state index contributed by atoms with van der Waals surface area (Å²) in [7, 11) is 0. The maximum absolute atomic E-state index is 12.4. The van der Waals surface area contributed by atoms with Crippen molar-refractivity contribution >= 4 is 35.1 Å². The van der Waals surface area contributed by atoms with E-state index in [0.717, 1.165) is 0 Å². The van der Waals surface area contributed by atoms with E-state index in [1.807, 2.05) is 6.92 Å². The zero-order chi connectivity index (χ0) is 16.8. The number of hydrogen-bond acceptors (Lipinski definition) is 4. The van der Waals surface area contributed by atoms with Crippen molar-refractivity contribution in [2.75, 3.05) is 6.61 Å². The Hall–Kier alpha value is -1.27. The van der Waals surface area contributed by atoms with Crippen molar-refractivity contribution in [1.29, 1.82) is 0 Å². The zero-order valence-corrected chi connectivity index (χ0v) is 14.4. The second kappa shape index (κ2) is 8.39. The minimum atomic E-state index is -1.20. The lowest BCUT2D eigenvalue weighted by atomic mass is 9.96. The summed E-state index contributed by atoms with van der Waals surface area (Å²) in [6.07, 6.45) is 2.16. The second-order valence-corrected chi connectivity index (χ2v) is 6.25. The van der Waals surface area contributed by atoms with Gasteiger partial charge in [0.15, 0.2) is 0 Å². The van der Waals surface area contributed by atoms with Crippen molar-refractivity contribution in [2.45, 2.75) is 50.5 Å². The van der Waals surface area contributed by atoms with Crippen molar-refractivity contribution in [3.05, 3.63) is 18.0 Å². The SMILES string of the molecule is CCOC(=O)[C@](C)(CCC(Cl)Cl)NC(=O)c1ccnn1CC. The summed E-state index contributed by atoms with van der Waals surface area (Å²) in [5.41, 5.74) is -0.816. The molecule has 0 fully saturated rings. The molecule has 0 spiro atoms. The number of aromatic nitrogens is 2. The van der Waals surface area contributed by atoms with Crippen molar-refractivity contribution in [1.82, 2.24) is 15.1 Å². The second-order valence-electron chi connectivity index (χ2n) is 4.97. The predicted octanol–water partition coefficient (Wildman–Crippen LogP) is 2.54. The first-order valence-corrected chi connectivity index (χ1v) is 8.01. The zero-order valence-electron chi connectivity index (χ0n) is 12.9. The summed E-state index contributed by atoms with van der Waals surface area (Å²) in [5, 5.41) is 6.76. The molecule has 1 rings (SSSR count). The van der Waals surface area contributed by atoms with Crippen LogP contribution in [-0.2, 0) is 16.1 Å². The Morgan fingerprint density at radius 2 is 2.14 bits per heavy atom. The van der Waals surface area contributed by atoms with E-state index in [1.165, 1.54) is 6.20 Å². The number of carbonyl (C=O) groups excluding carboxylic acids is 2. The number of nitrogens with one attached hydrogen (secondary N) is 1. The van der Waals surface area contributed by atoms with Crippen LogP contribution in [0.15, 0.2) is 12.3 Å². The first kappa shape index (κ1) is 18.8. The van der Waals surface area contributed by atoms with E-state index in [-0.39, 0.29) is 13.0 Å². The van der Waals surface area contributed by atoms with Crippen LogP contribution in [0.2, 0.25) is 0 Å². The molecular weight excluding hydrogens is 329 g/mol. The van der Waals surface area contributed by atoms with Crippen molar-refractivity contribution in [2.24, 2.45) is 0 Å². The number of rotatable bonds is 8. The minimum Gasteiger partial charge on any atom is -0.464 e. The van der Waals surface area contributed by atoms with Crippen LogP contribution in [0.5, 0.6) is 0 Å². The molecule has 6 nitrogen and oxygen atoms in total. The molecule has 0 aliphatic heterocycles. The molecule has 0 aromatic carbocycles. The molecule has 1 N–H and O–H groups in total. The van der Waals surface area contributed by atoms with E-state index in [1.54, 1.807) is 24.6 Å². The number of carbonyl (C=O) groups is 2. The topological polar surface area (TPSA) is 73.2 Å². The average molecular weight is 350 g/mol. The van der Waals surface area contributed by atoms with Crippen LogP contribution in [-0.4, -0.2) is 38.6 Å². The van der Waals surface area contributed by atoms with Gasteiger partial charge in [-0.05, 0) is 39.7 Å². The van der Waals surface area contributed by atoms with Gasteiger partial charge in [0.2, 0.25) is 0 Å². The first-order valence-electron chi connectivity index (χ1n) is 7.13. The summed E-state index contributed by atoms with van der Waals surface area (Å²) < 4.78 is 6.60. The van der Waals surface area contributed by atoms with Crippen molar-refractivity contribution in [3.63, 3.8) is 0 Å². The highest BCUT2D eigenvalue weighted by Crippen LogP contribution is 2.21. The third-order valence-electron chi connectivity index (χ3n) is 3.23. The van der Waals surface area contributed by atoms with Gasteiger partial charge in [-0.25, -0.2) is 4.79 Å². The number of nitrogens with zero attached hydrogens (tertiary/aromatic N) is 2. The van der Waals surface area contributed by atoms with Gasteiger partial charge in [-0.2, -0.15) is 5.10 Å². The third kappa shape index (κ3) is 4.88. The van der Waals surface area contributed by atoms with Crippen molar-refractivity contribution in [3.8, 4) is 0 Å². The maximum Gasteiger partial charge on any atom is 0.331 e. The molecule has 22 heavy (non-hydrogen) atoms. The highest BCUT2D eigenvalue weighted by atomic mass is 35.5. The normalized spacial score (nSPS) is 13.7. The monoisotopic (exact) mass is 349 g/mol. The van der Waals surface area contributed by atoms with Gasteiger partial charge in [-0.1, -0.05) is 0 Å². The van der Waals surface area contributed by atoms with Gasteiger partial charge in [-0.3, -0.25) is 9.48 Å². The molecule has 0 aliphatic carbocycles. The molecule has 1 heterocycles. The highest BCUT2D eigenvalue weighted by molar-refractivity contribution is 6.44. The van der Waals surface area contributed by atoms with E-state index >= 15 is 0 Å². The fourth-order valence-electron chi connectivity index (χ4n) is 2.00. The molecule has 1 amide bonds. The number of aryl methyl sites for hydroxylation is 1. The summed E-state index contributed by atoms with van der Waals surface area (Å²) in [5.74, 6) is -0.907. The van der Waals surface area contributed by atoms with Crippen molar-refractivity contribution < 1.29 is 14.3 Å². The Morgan fingerprint density at radius 1 is 1.45 bits per heavy atom. The summed E-state index contributed by atoms with van der Waals surface area (Å²) in [4.78, 5) is 24.0. The molecule has 0 saturated carbocycles. The van der Waals surface area contributed by atoms with Crippen LogP contribution in [0.4, 0.5) is 0 Å². The fraction of sp³-hybridized carbons (Fsp3) is 0.643. The van der Waals surface area contributed by atoms with Crippen LogP contribution >= 0.6 is 23.2 Å². The largest absolute Gasteiger partial charge is 0.464 e. The highest BCUT2D eigenvalue weighted by Gasteiger charge is 2.37. The number of esters is 1. The van der Waals surface area contributed by atoms with E-state index in [0.29, 0.717) is 18.7 Å². The molecule has 0 unspecified atom stereocenters. The lowest BCUT2D eigenvalue weighted by Crippen LogP contribution is -2.53. The summed E-state index contributed by atoms with van der Waals surface area (Å²) in [6.45, 7) is 5.96. The lowest BCUT2D eigenvalue weighted by Gasteiger charge is -2.28. The molecule has 0 bridgehead atoms. The molecule has 1 aromatic heterocycles. The number of alkyl halides is 2. The number of halogens is 2. The smallest absolute Gasteiger partial charge is 0.331 e. The Kier molecular flexibility index (Phi) is 7.16. The van der Waals surface area contributed by atoms with E-state index in [2.05, 4.69) is 10.4 Å². The van der Waals surface area contributed by atoms with Crippen LogP contribution in [0.25, 0.3) is 0 Å². The number of amides is 1. The molecule has 0 radical (unpaired) electrons. The van der Waals surface area contributed by atoms with Gasteiger partial charge in [0, 0.05) is 12.7 Å². The van der Waals surface area contributed by atoms with E-state index in [9.17, 15) is 9.59 Å². The molecule has 0 saturated heterocycles. The number of ether oxygens (including phenoxy) is 1. The standard InChI is InChI=1S/C14H21Cl2N3O3/c1-4-19-10(7-9-17-19)12(20)18-14(3,8-6-11(15)16)13(21)22-5-2/h7,9,11H,4-6,8H2,1-3H3,(H,18,20)/t14-/m0/s1. The van der Waals surface area contributed by atoms with Gasteiger partial charge < -0.3 is 10.1 Å². The molecule has 0 aliphatic rings. The molecular formula is C14H21Cl2N3O3. The van der Waals surface area contributed by atoms with Gasteiger partial charge >= 0.3 is 5.97 Å². The molecule has 1 aromatic rings. The molecule has 1 atom stereocenters. The Bertz CT molecular complexity index is 519. The van der Waals surface area contributed by atoms with Gasteiger partial charge in [0.25, 0.3) is 5.91 Å². The Labute approximate surface area is 140 Å². The average Bonchev–Trinajstić information content (AvgIpc) is 2.94. The maximum atomic E-state index is 12.4. The van der Waals surface area contributed by atoms with Gasteiger partial charge in [0.05, 0.1) is 6.61 Å². The van der Waals surface area contributed by atoms with E-state index in [4.69, 9.17) is 27.9 Å². The molecule has 8 heteroatoms. The quantitative estimate of drug-likeness (QED) is 0.578. The third-order valence-corrected chi connectivity index (χ3v) is 3.66.